The number of rotatable bonds is 5. The molecular weight excluding hydrogens is 260 g/mol. The first-order valence-corrected chi connectivity index (χ1v) is 6.90. The Morgan fingerprint density at radius 1 is 1.50 bits per heavy atom. The molecule has 7 nitrogen and oxygen atoms in total. The highest BCUT2D eigenvalue weighted by molar-refractivity contribution is 5.74. The smallest absolute Gasteiger partial charge is 0.317 e. The number of hydrogen-bond acceptors (Lipinski definition) is 3. The molecule has 1 aliphatic heterocycles. The van der Waals surface area contributed by atoms with Crippen molar-refractivity contribution in [3.8, 4) is 0 Å². The summed E-state index contributed by atoms with van der Waals surface area (Å²) < 4.78 is 0. The number of aromatic nitrogens is 2. The number of urea groups is 1. The summed E-state index contributed by atoms with van der Waals surface area (Å²) >= 11 is 0. The van der Waals surface area contributed by atoms with E-state index in [4.69, 9.17) is 5.11 Å². The molecule has 1 aliphatic rings. The summed E-state index contributed by atoms with van der Waals surface area (Å²) in [6.45, 7) is 1.12. The molecule has 1 aromatic heterocycles. The summed E-state index contributed by atoms with van der Waals surface area (Å²) in [6, 6.07) is -0.0921. The van der Waals surface area contributed by atoms with E-state index in [1.165, 1.54) is 0 Å². The monoisotopic (exact) mass is 280 g/mol. The summed E-state index contributed by atoms with van der Waals surface area (Å²) in [4.78, 5) is 24.6. The van der Waals surface area contributed by atoms with Crippen molar-refractivity contribution in [2.75, 3.05) is 6.54 Å². The maximum Gasteiger partial charge on any atom is 0.317 e. The van der Waals surface area contributed by atoms with Crippen LogP contribution in [-0.2, 0) is 11.3 Å². The maximum atomic E-state index is 12.2. The minimum atomic E-state index is -0.811. The van der Waals surface area contributed by atoms with Gasteiger partial charge in [0.2, 0.25) is 0 Å². The quantitative estimate of drug-likeness (QED) is 0.758. The lowest BCUT2D eigenvalue weighted by atomic mass is 9.98. The molecule has 1 saturated heterocycles. The van der Waals surface area contributed by atoms with Gasteiger partial charge in [-0.2, -0.15) is 5.10 Å². The molecule has 3 N–H and O–H groups in total. The molecule has 2 amide bonds. The zero-order valence-electron chi connectivity index (χ0n) is 11.3. The predicted molar refractivity (Wildman–Crippen MR) is 72.0 cm³/mol. The average Bonchev–Trinajstić information content (AvgIpc) is 2.96. The molecule has 0 aromatic carbocycles. The number of nitrogens with one attached hydrogen (secondary N) is 2. The molecule has 0 radical (unpaired) electrons. The van der Waals surface area contributed by atoms with E-state index in [1.54, 1.807) is 17.3 Å². The summed E-state index contributed by atoms with van der Waals surface area (Å²) in [5.74, 6) is -0.811. The summed E-state index contributed by atoms with van der Waals surface area (Å²) in [7, 11) is 0. The number of aliphatic carboxylic acids is 1. The number of H-pyrrole nitrogens is 1. The Labute approximate surface area is 117 Å². The van der Waals surface area contributed by atoms with Gasteiger partial charge >= 0.3 is 12.0 Å². The fraction of sp³-hybridized carbons (Fsp3) is 0.615. The Morgan fingerprint density at radius 2 is 2.35 bits per heavy atom. The first kappa shape index (κ1) is 14.4. The minimum absolute atomic E-state index is 0.0317. The minimum Gasteiger partial charge on any atom is -0.481 e. The molecule has 1 unspecified atom stereocenters. The normalized spacial score (nSPS) is 18.8. The van der Waals surface area contributed by atoms with Crippen molar-refractivity contribution in [3.05, 3.63) is 18.0 Å². The van der Waals surface area contributed by atoms with Crippen LogP contribution >= 0.6 is 0 Å². The maximum absolute atomic E-state index is 12.2. The lowest BCUT2D eigenvalue weighted by Gasteiger charge is -2.35. The van der Waals surface area contributed by atoms with Gasteiger partial charge in [-0.05, 0) is 25.7 Å². The standard InChI is InChI=1S/C13H20N4O3/c18-12(19)5-4-11-3-1-2-6-17(11)13(20)14-7-10-8-15-16-9-10/h8-9,11H,1-7H2,(H,14,20)(H,15,16)(H,18,19). The molecule has 20 heavy (non-hydrogen) atoms. The van der Waals surface area contributed by atoms with Gasteiger partial charge in [-0.25, -0.2) is 4.79 Å². The van der Waals surface area contributed by atoms with Gasteiger partial charge in [0.25, 0.3) is 0 Å². The largest absolute Gasteiger partial charge is 0.481 e. The molecule has 0 aliphatic carbocycles. The highest BCUT2D eigenvalue weighted by Gasteiger charge is 2.26. The van der Waals surface area contributed by atoms with Gasteiger partial charge in [-0.3, -0.25) is 9.89 Å². The third kappa shape index (κ3) is 3.97. The van der Waals surface area contributed by atoms with Crippen LogP contribution in [0, 0.1) is 0 Å². The second kappa shape index (κ2) is 6.93. The number of hydrogen-bond donors (Lipinski definition) is 3. The second-order valence-electron chi connectivity index (χ2n) is 5.04. The fourth-order valence-electron chi connectivity index (χ4n) is 2.51. The van der Waals surface area contributed by atoms with Crippen LogP contribution in [-0.4, -0.2) is 44.8 Å². The third-order valence-corrected chi connectivity index (χ3v) is 3.58. The Kier molecular flexibility index (Phi) is 4.97. The van der Waals surface area contributed by atoms with Gasteiger partial charge in [0.15, 0.2) is 0 Å². The number of likely N-dealkylation sites (tertiary alicyclic amines) is 1. The molecule has 1 atom stereocenters. The highest BCUT2D eigenvalue weighted by atomic mass is 16.4. The Hall–Kier alpha value is -2.05. The van der Waals surface area contributed by atoms with Crippen LogP contribution in [0.2, 0.25) is 0 Å². The second-order valence-corrected chi connectivity index (χ2v) is 5.04. The van der Waals surface area contributed by atoms with E-state index < -0.39 is 5.97 Å². The van der Waals surface area contributed by atoms with E-state index in [1.807, 2.05) is 0 Å². The van der Waals surface area contributed by atoms with Crippen LogP contribution < -0.4 is 5.32 Å². The molecule has 110 valence electrons. The van der Waals surface area contributed by atoms with Crippen molar-refractivity contribution in [3.63, 3.8) is 0 Å². The Bertz CT molecular complexity index is 446. The molecule has 0 bridgehead atoms. The molecule has 0 spiro atoms. The molecule has 7 heteroatoms. The Balaban J connectivity index is 1.86. The van der Waals surface area contributed by atoms with Crippen LogP contribution in [0.4, 0.5) is 4.79 Å². The number of carbonyl (C=O) groups is 2. The van der Waals surface area contributed by atoms with Crippen LogP contribution in [0.5, 0.6) is 0 Å². The van der Waals surface area contributed by atoms with Crippen molar-refractivity contribution in [1.82, 2.24) is 20.4 Å². The number of carboxylic acids is 1. The van der Waals surface area contributed by atoms with Crippen LogP contribution in [0.25, 0.3) is 0 Å². The van der Waals surface area contributed by atoms with E-state index in [9.17, 15) is 9.59 Å². The molecular formula is C13H20N4O3. The lowest BCUT2D eigenvalue weighted by molar-refractivity contribution is -0.137. The summed E-state index contributed by atoms with van der Waals surface area (Å²) in [6.07, 6.45) is 6.94. The molecule has 2 heterocycles. The topological polar surface area (TPSA) is 98.3 Å². The average molecular weight is 280 g/mol. The third-order valence-electron chi connectivity index (χ3n) is 3.58. The van der Waals surface area contributed by atoms with Gasteiger partial charge in [0, 0.05) is 37.3 Å². The van der Waals surface area contributed by atoms with Crippen LogP contribution in [0.1, 0.15) is 37.7 Å². The van der Waals surface area contributed by atoms with Gasteiger partial charge in [0.05, 0.1) is 6.20 Å². The Morgan fingerprint density at radius 3 is 3.05 bits per heavy atom. The van der Waals surface area contributed by atoms with Gasteiger partial charge in [-0.1, -0.05) is 0 Å². The van der Waals surface area contributed by atoms with Crippen molar-refractivity contribution in [2.24, 2.45) is 0 Å². The van der Waals surface area contributed by atoms with Crippen LogP contribution in [0.3, 0.4) is 0 Å². The molecule has 1 fully saturated rings. The van der Waals surface area contributed by atoms with Crippen molar-refractivity contribution in [2.45, 2.75) is 44.7 Å². The van der Waals surface area contributed by atoms with Crippen molar-refractivity contribution < 1.29 is 14.7 Å². The zero-order valence-corrected chi connectivity index (χ0v) is 11.3. The SMILES string of the molecule is O=C(O)CCC1CCCCN1C(=O)NCc1cn[nH]c1. The number of nitrogens with zero attached hydrogens (tertiary/aromatic N) is 2. The van der Waals surface area contributed by atoms with Gasteiger partial charge in [-0.15, -0.1) is 0 Å². The van der Waals surface area contributed by atoms with E-state index in [0.29, 0.717) is 19.5 Å². The molecule has 1 aromatic rings. The number of piperidine rings is 1. The molecule has 0 saturated carbocycles. The van der Waals surface area contributed by atoms with E-state index in [2.05, 4.69) is 15.5 Å². The summed E-state index contributed by atoms with van der Waals surface area (Å²) in [5.41, 5.74) is 0.914. The van der Waals surface area contributed by atoms with Crippen molar-refractivity contribution >= 4 is 12.0 Å². The summed E-state index contributed by atoms with van der Waals surface area (Å²) in [5, 5.41) is 18.1. The molecule has 2 rings (SSSR count). The van der Waals surface area contributed by atoms with Crippen LogP contribution in [0.15, 0.2) is 12.4 Å². The van der Waals surface area contributed by atoms with Gasteiger partial charge < -0.3 is 15.3 Å². The number of amides is 2. The number of carboxylic acid groups (broad SMARTS) is 1. The van der Waals surface area contributed by atoms with Crippen molar-refractivity contribution in [1.29, 1.82) is 0 Å². The number of aromatic amines is 1. The van der Waals surface area contributed by atoms with E-state index in [-0.39, 0.29) is 18.5 Å². The first-order chi connectivity index (χ1) is 9.66. The lowest BCUT2D eigenvalue weighted by Crippen LogP contribution is -2.48. The van der Waals surface area contributed by atoms with E-state index in [0.717, 1.165) is 24.8 Å². The first-order valence-electron chi connectivity index (χ1n) is 6.90. The van der Waals surface area contributed by atoms with Gasteiger partial charge in [0.1, 0.15) is 0 Å². The van der Waals surface area contributed by atoms with E-state index >= 15 is 0 Å². The number of carbonyl (C=O) groups excluding carboxylic acids is 1. The predicted octanol–water partition coefficient (Wildman–Crippen LogP) is 1.34. The fourth-order valence-corrected chi connectivity index (χ4v) is 2.51. The zero-order chi connectivity index (χ0) is 14.4. The highest BCUT2D eigenvalue weighted by Crippen LogP contribution is 2.21.